The van der Waals surface area contributed by atoms with Crippen LogP contribution in [0, 0.1) is 11.8 Å². The maximum Gasteiger partial charge on any atom is 0.433 e. The number of aromatic nitrogens is 1. The third-order valence-corrected chi connectivity index (χ3v) is 7.87. The number of anilines is 1. The quantitative estimate of drug-likeness (QED) is 0.285. The molecule has 222 valence electrons. The number of rotatable bonds is 9. The van der Waals surface area contributed by atoms with Gasteiger partial charge in [0.15, 0.2) is 5.69 Å². The minimum absolute atomic E-state index is 0.0287. The van der Waals surface area contributed by atoms with Gasteiger partial charge < -0.3 is 16.4 Å². The number of alkyl halides is 3. The molecular weight excluding hydrogens is 543 g/mol. The fraction of sp³-hybridized carbons (Fsp3) is 0.375. The van der Waals surface area contributed by atoms with Crippen LogP contribution in [0.25, 0.3) is 11.1 Å². The maximum absolute atomic E-state index is 13.5. The third kappa shape index (κ3) is 7.82. The molecule has 7 nitrogen and oxygen atoms in total. The van der Waals surface area contributed by atoms with Crippen molar-refractivity contribution in [2.75, 3.05) is 18.9 Å². The second-order valence-corrected chi connectivity index (χ2v) is 10.7. The lowest BCUT2D eigenvalue weighted by molar-refractivity contribution is -0.140. The number of benzene rings is 2. The monoisotopic (exact) mass is 579 g/mol. The molecule has 1 unspecified atom stereocenters. The Balaban J connectivity index is 1.53. The lowest BCUT2D eigenvalue weighted by Crippen LogP contribution is -2.48. The van der Waals surface area contributed by atoms with Crippen LogP contribution in [0.3, 0.4) is 0 Å². The highest BCUT2D eigenvalue weighted by atomic mass is 19.4. The average molecular weight is 580 g/mol. The number of nitrogens with zero attached hydrogens (tertiary/aromatic N) is 2. The summed E-state index contributed by atoms with van der Waals surface area (Å²) in [6.45, 7) is 2.49. The van der Waals surface area contributed by atoms with Gasteiger partial charge in [0.05, 0.1) is 0 Å². The van der Waals surface area contributed by atoms with E-state index in [0.717, 1.165) is 30.3 Å². The lowest BCUT2D eigenvalue weighted by Gasteiger charge is -2.28. The molecule has 1 atom stereocenters. The number of pyridine rings is 1. The van der Waals surface area contributed by atoms with Crippen LogP contribution in [0.2, 0.25) is 0 Å². The normalized spacial score (nSPS) is 18.3. The SMILES string of the molecule is CN=C(C)c1ccc(NC(=O)C(Cc2ccc(-c3cccnc3C(F)(F)F)cc2)NC(=O)C2CCC(CN)CC2)cc1. The van der Waals surface area contributed by atoms with Gasteiger partial charge in [-0.25, -0.2) is 0 Å². The zero-order chi connectivity index (χ0) is 30.3. The van der Waals surface area contributed by atoms with Crippen LogP contribution in [0.4, 0.5) is 18.9 Å². The fourth-order valence-electron chi connectivity index (χ4n) is 5.23. The molecule has 0 aliphatic heterocycles. The van der Waals surface area contributed by atoms with Crippen molar-refractivity contribution in [3.05, 3.63) is 83.7 Å². The molecule has 10 heteroatoms. The number of carbonyl (C=O) groups excluding carboxylic acids is 2. The van der Waals surface area contributed by atoms with Crippen molar-refractivity contribution in [1.82, 2.24) is 10.3 Å². The number of amides is 2. The Labute approximate surface area is 243 Å². The van der Waals surface area contributed by atoms with E-state index in [2.05, 4.69) is 20.6 Å². The summed E-state index contributed by atoms with van der Waals surface area (Å²) in [6.07, 6.45) is -0.156. The van der Waals surface area contributed by atoms with Gasteiger partial charge in [-0.3, -0.25) is 19.6 Å². The predicted octanol–water partition coefficient (Wildman–Crippen LogP) is 5.64. The Bertz CT molecular complexity index is 1400. The Morgan fingerprint density at radius 1 is 1.02 bits per heavy atom. The lowest BCUT2D eigenvalue weighted by atomic mass is 9.81. The maximum atomic E-state index is 13.5. The number of halogens is 3. The second-order valence-electron chi connectivity index (χ2n) is 10.7. The molecule has 0 saturated heterocycles. The van der Waals surface area contributed by atoms with E-state index in [1.165, 1.54) is 12.1 Å². The first kappa shape index (κ1) is 30.9. The molecule has 1 aromatic heterocycles. The van der Waals surface area contributed by atoms with Crippen molar-refractivity contribution >= 4 is 23.2 Å². The van der Waals surface area contributed by atoms with Gasteiger partial charge in [-0.05, 0) is 80.0 Å². The summed E-state index contributed by atoms with van der Waals surface area (Å²) in [5.74, 6) is -0.359. The van der Waals surface area contributed by atoms with Gasteiger partial charge in [-0.2, -0.15) is 13.2 Å². The molecule has 1 fully saturated rings. The average Bonchev–Trinajstić information content (AvgIpc) is 3.00. The predicted molar refractivity (Wildman–Crippen MR) is 158 cm³/mol. The van der Waals surface area contributed by atoms with Crippen molar-refractivity contribution in [3.8, 4) is 11.1 Å². The van der Waals surface area contributed by atoms with Gasteiger partial charge in [-0.1, -0.05) is 42.5 Å². The molecule has 42 heavy (non-hydrogen) atoms. The minimum atomic E-state index is -4.59. The fourth-order valence-corrected chi connectivity index (χ4v) is 5.23. The number of nitrogens with two attached hydrogens (primary N) is 1. The highest BCUT2D eigenvalue weighted by Gasteiger charge is 2.35. The van der Waals surface area contributed by atoms with Crippen LogP contribution in [0.1, 0.15) is 49.4 Å². The van der Waals surface area contributed by atoms with E-state index in [-0.39, 0.29) is 29.7 Å². The Hall–Kier alpha value is -4.05. The standard InChI is InChI=1S/C32H36F3N5O2/c1-20(37-2)23-13-15-26(16-14-23)39-31(42)28(40-30(41)25-11-7-22(19-36)8-12-25)18-21-5-9-24(10-6-21)27-4-3-17-38-29(27)32(33,34)35/h3-6,9-10,13-17,22,25,28H,7-8,11-12,18-19,36H2,1-2H3,(H,39,42)(H,40,41). The molecule has 1 heterocycles. The first-order valence-corrected chi connectivity index (χ1v) is 14.1. The van der Waals surface area contributed by atoms with Gasteiger partial charge in [-0.15, -0.1) is 0 Å². The molecule has 0 radical (unpaired) electrons. The summed E-state index contributed by atoms with van der Waals surface area (Å²) < 4.78 is 40.5. The Morgan fingerprint density at radius 2 is 1.69 bits per heavy atom. The number of carbonyl (C=O) groups is 2. The van der Waals surface area contributed by atoms with E-state index in [1.807, 2.05) is 19.1 Å². The number of hydrogen-bond acceptors (Lipinski definition) is 5. The van der Waals surface area contributed by atoms with Crippen LogP contribution >= 0.6 is 0 Å². The van der Waals surface area contributed by atoms with Crippen LogP contribution in [-0.2, 0) is 22.2 Å². The summed E-state index contributed by atoms with van der Waals surface area (Å²) in [4.78, 5) is 34.4. The van der Waals surface area contributed by atoms with Crippen LogP contribution in [0.5, 0.6) is 0 Å². The summed E-state index contributed by atoms with van der Waals surface area (Å²) >= 11 is 0. The molecular formula is C32H36F3N5O2. The topological polar surface area (TPSA) is 109 Å². The van der Waals surface area contributed by atoms with Gasteiger partial charge in [0.2, 0.25) is 11.8 Å². The van der Waals surface area contributed by atoms with E-state index >= 15 is 0 Å². The first-order chi connectivity index (χ1) is 20.1. The first-order valence-electron chi connectivity index (χ1n) is 14.1. The molecule has 1 saturated carbocycles. The van der Waals surface area contributed by atoms with Crippen LogP contribution in [0.15, 0.2) is 71.9 Å². The van der Waals surface area contributed by atoms with E-state index in [1.54, 1.807) is 43.4 Å². The Morgan fingerprint density at radius 3 is 2.29 bits per heavy atom. The van der Waals surface area contributed by atoms with Crippen LogP contribution in [-0.4, -0.2) is 42.1 Å². The molecule has 1 aliphatic rings. The van der Waals surface area contributed by atoms with Gasteiger partial charge in [0.25, 0.3) is 0 Å². The Kier molecular flexibility index (Phi) is 10.1. The summed E-state index contributed by atoms with van der Waals surface area (Å²) in [7, 11) is 1.71. The molecule has 4 rings (SSSR count). The summed E-state index contributed by atoms with van der Waals surface area (Å²) in [5.41, 5.74) is 8.21. The van der Waals surface area contributed by atoms with Crippen LogP contribution < -0.4 is 16.4 Å². The largest absolute Gasteiger partial charge is 0.433 e. The second kappa shape index (κ2) is 13.7. The van der Waals surface area contributed by atoms with E-state index < -0.39 is 17.9 Å². The van der Waals surface area contributed by atoms with Crippen molar-refractivity contribution < 1.29 is 22.8 Å². The molecule has 2 aromatic carbocycles. The molecule has 2 amide bonds. The number of aliphatic imine (C=N–C) groups is 1. The van der Waals surface area contributed by atoms with Crippen molar-refractivity contribution in [2.24, 2.45) is 22.6 Å². The summed E-state index contributed by atoms with van der Waals surface area (Å²) in [6, 6.07) is 15.7. The van der Waals surface area contributed by atoms with E-state index in [9.17, 15) is 22.8 Å². The zero-order valence-electron chi connectivity index (χ0n) is 23.7. The number of hydrogen-bond donors (Lipinski definition) is 3. The van der Waals surface area contributed by atoms with Crippen molar-refractivity contribution in [3.63, 3.8) is 0 Å². The minimum Gasteiger partial charge on any atom is -0.344 e. The van der Waals surface area contributed by atoms with E-state index in [4.69, 9.17) is 5.73 Å². The van der Waals surface area contributed by atoms with Gasteiger partial charge in [0.1, 0.15) is 6.04 Å². The van der Waals surface area contributed by atoms with Gasteiger partial charge >= 0.3 is 6.18 Å². The van der Waals surface area contributed by atoms with E-state index in [0.29, 0.717) is 42.1 Å². The molecule has 4 N–H and O–H groups in total. The smallest absolute Gasteiger partial charge is 0.344 e. The number of nitrogens with one attached hydrogen (secondary N) is 2. The summed E-state index contributed by atoms with van der Waals surface area (Å²) in [5, 5.41) is 5.83. The van der Waals surface area contributed by atoms with Crippen molar-refractivity contribution in [2.45, 2.75) is 51.2 Å². The third-order valence-electron chi connectivity index (χ3n) is 7.87. The highest BCUT2D eigenvalue weighted by Crippen LogP contribution is 2.35. The highest BCUT2D eigenvalue weighted by molar-refractivity contribution is 6.00. The molecule has 1 aliphatic carbocycles. The zero-order valence-corrected chi connectivity index (χ0v) is 23.7. The van der Waals surface area contributed by atoms with Crippen molar-refractivity contribution in [1.29, 1.82) is 0 Å². The molecule has 3 aromatic rings. The molecule has 0 bridgehead atoms. The molecule has 0 spiro atoms. The van der Waals surface area contributed by atoms with Gasteiger partial charge in [0, 0.05) is 42.5 Å².